The zero-order chi connectivity index (χ0) is 67.5. The second-order valence-electron chi connectivity index (χ2n) is 30.1. The molecule has 0 spiro atoms. The summed E-state index contributed by atoms with van der Waals surface area (Å²) < 4.78 is 10.4. The summed E-state index contributed by atoms with van der Waals surface area (Å²) in [4.78, 5) is 90.8. The molecule has 8 heterocycles. The van der Waals surface area contributed by atoms with E-state index in [1.54, 1.807) is 28.9 Å². The van der Waals surface area contributed by atoms with E-state index in [1.165, 1.54) is 4.90 Å². The number of ether oxygens (including phenoxy) is 1. The predicted octanol–water partition coefficient (Wildman–Crippen LogP) is 10.6. The number of aliphatic hydroxyl groups is 1. The molecule has 5 N–H and O–H groups in total. The third-order valence-corrected chi connectivity index (χ3v) is 23.0. The molecule has 0 radical (unpaired) electrons. The molecular formula is C72H90N14O8S2. The Morgan fingerprint density at radius 1 is 0.844 bits per heavy atom. The van der Waals surface area contributed by atoms with Crippen LogP contribution in [0.3, 0.4) is 0 Å². The van der Waals surface area contributed by atoms with Crippen LogP contribution in [0.25, 0.3) is 31.8 Å². The van der Waals surface area contributed by atoms with E-state index in [0.717, 1.165) is 130 Å². The number of amides is 4. The molecule has 96 heavy (non-hydrogen) atoms. The number of pyridine rings is 1. The third kappa shape index (κ3) is 13.9. The smallest absolute Gasteiger partial charge is 0.355 e. The van der Waals surface area contributed by atoms with Crippen LogP contribution in [0.2, 0.25) is 0 Å². The molecule has 3 aliphatic heterocycles. The minimum atomic E-state index is -1.11. The van der Waals surface area contributed by atoms with Gasteiger partial charge in [-0.15, -0.1) is 21.5 Å². The van der Waals surface area contributed by atoms with E-state index in [2.05, 4.69) is 49.5 Å². The van der Waals surface area contributed by atoms with Crippen molar-refractivity contribution in [2.24, 2.45) is 21.7 Å². The van der Waals surface area contributed by atoms with Crippen molar-refractivity contribution in [3.05, 3.63) is 106 Å². The molecule has 6 fully saturated rings. The van der Waals surface area contributed by atoms with Gasteiger partial charge in [-0.25, -0.2) is 19.7 Å². The van der Waals surface area contributed by atoms with E-state index in [-0.39, 0.29) is 71.2 Å². The number of nitrogens with zero attached hydrogens (tertiary/aromatic N) is 11. The Morgan fingerprint density at radius 3 is 2.31 bits per heavy atom. The van der Waals surface area contributed by atoms with E-state index < -0.39 is 35.5 Å². The number of nitrogens with one attached hydrogen (secondary N) is 3. The first-order chi connectivity index (χ1) is 45.8. The second-order valence-corrected chi connectivity index (χ2v) is 32.0. The summed E-state index contributed by atoms with van der Waals surface area (Å²) in [7, 11) is 0. The molecule has 4 bridgehead atoms. The number of aliphatic hydroxyl groups excluding tert-OH is 1. The number of likely N-dealkylation sites (tertiary alicyclic amines) is 1. The SMILES string of the molecule is Cc1ncsc1-c1ccc(CNC(=O)[C@@H]2C[C@H](O)CN2C(=O)[C@H](NC(=O)CCCCC(=O)N2CCN(CCOC34CC5(C)CC(C)(CC(Cn6ncc(-c7ccc(N8CCCc9c8nnc(Nc8nc%10ccccc%10s8)c9C)nc7C(=O)O)c6C)(C5)C3)C4)CC2)C(C)(C)C)cc1. The fraction of sp³-hybridized carbons (Fsp3) is 0.542. The summed E-state index contributed by atoms with van der Waals surface area (Å²) in [6.07, 6.45) is 10.4. The fourth-order valence-corrected chi connectivity index (χ4v) is 19.3. The van der Waals surface area contributed by atoms with E-state index in [4.69, 9.17) is 24.9 Å². The molecule has 2 saturated heterocycles. The number of benzene rings is 2. The fourth-order valence-electron chi connectivity index (χ4n) is 17.6. The number of hydrogen-bond donors (Lipinski definition) is 5. The van der Waals surface area contributed by atoms with Gasteiger partial charge in [0.15, 0.2) is 22.5 Å². The third-order valence-electron chi connectivity index (χ3n) is 21.1. The highest BCUT2D eigenvalue weighted by Crippen LogP contribution is 2.72. The number of carboxylic acid groups (broad SMARTS) is 1. The molecule has 508 valence electrons. The van der Waals surface area contributed by atoms with E-state index in [0.29, 0.717) is 75.1 Å². The van der Waals surface area contributed by atoms with Gasteiger partial charge in [0.1, 0.15) is 17.9 Å². The number of unbranched alkanes of at least 4 members (excludes halogenated alkanes) is 1. The normalized spacial score (nSPS) is 24.3. The van der Waals surface area contributed by atoms with Gasteiger partial charge < -0.3 is 45.6 Å². The van der Waals surface area contributed by atoms with Gasteiger partial charge in [-0.3, -0.25) is 28.8 Å². The van der Waals surface area contributed by atoms with Crippen molar-refractivity contribution in [1.29, 1.82) is 0 Å². The van der Waals surface area contributed by atoms with Crippen molar-refractivity contribution in [2.45, 2.75) is 176 Å². The number of piperazine rings is 1. The summed E-state index contributed by atoms with van der Waals surface area (Å²) in [6.45, 7) is 22.3. The second kappa shape index (κ2) is 26.6. The van der Waals surface area contributed by atoms with E-state index in [9.17, 15) is 34.2 Å². The van der Waals surface area contributed by atoms with Crippen LogP contribution >= 0.6 is 22.7 Å². The van der Waals surface area contributed by atoms with Crippen LogP contribution in [0.15, 0.2) is 72.4 Å². The van der Waals surface area contributed by atoms with Gasteiger partial charge >= 0.3 is 5.97 Å². The zero-order valence-corrected chi connectivity index (χ0v) is 58.1. The molecule has 2 aromatic carbocycles. The lowest BCUT2D eigenvalue weighted by molar-refractivity contribution is -0.249. The molecule has 2 unspecified atom stereocenters. The number of aromatic nitrogens is 7. The number of thiazole rings is 2. The largest absolute Gasteiger partial charge is 0.476 e. The van der Waals surface area contributed by atoms with Crippen LogP contribution in [0.4, 0.5) is 22.6 Å². The number of carbonyl (C=O) groups is 5. The first-order valence-electron chi connectivity index (χ1n) is 34.1. The van der Waals surface area contributed by atoms with Crippen LogP contribution < -0.4 is 20.9 Å². The molecule has 22 nitrogen and oxygen atoms in total. The maximum atomic E-state index is 14.2. The Bertz CT molecular complexity index is 4040. The van der Waals surface area contributed by atoms with Gasteiger partial charge in [0, 0.05) is 106 Å². The van der Waals surface area contributed by atoms with Crippen LogP contribution in [-0.2, 0) is 43.4 Å². The number of para-hydroxylation sites is 1. The van der Waals surface area contributed by atoms with Crippen molar-refractivity contribution in [3.63, 3.8) is 0 Å². The monoisotopic (exact) mass is 1340 g/mol. The lowest BCUT2D eigenvalue weighted by Crippen LogP contribution is -2.64. The summed E-state index contributed by atoms with van der Waals surface area (Å²) in [6, 6.07) is 17.9. The Hall–Kier alpha value is -7.77. The quantitative estimate of drug-likeness (QED) is 0.0395. The standard InChI is InChI=1S/C72H90N14O8S2/c1-44-50-14-13-25-84(63(50)81-80-62(44)79-67-76-53-15-9-10-16-55(53)96-67)56-24-23-51(59(77-56)66(92)93)52-34-75-86(46(52)3)42-71-37-69(7)36-70(8,38-71)40-72(39-69,41-71)94-31-30-82-26-28-83(29-27-82)58(89)18-12-11-17-57(88)78-61(68(4,5)6)65(91)85-35-49(87)32-54(85)64(90)73-33-47-19-21-48(22-20-47)60-45(2)74-43-95-60/h9-10,15-16,19-24,34,43,49,54,61,87H,11-14,17-18,25-33,35-42H2,1-8H3,(H,73,90)(H,78,88)(H,92,93)(H,76,79,80)/t49-,54-,61-,69?,70?,71?,72?/m0/s1. The van der Waals surface area contributed by atoms with Gasteiger partial charge in [-0.2, -0.15) is 5.10 Å². The van der Waals surface area contributed by atoms with Gasteiger partial charge in [-0.1, -0.05) is 82.4 Å². The number of aromatic carboxylic acids is 1. The Kier molecular flexibility index (Phi) is 18.5. The zero-order valence-electron chi connectivity index (χ0n) is 56.5. The number of rotatable bonds is 22. The molecule has 4 aliphatic carbocycles. The highest BCUT2D eigenvalue weighted by molar-refractivity contribution is 7.22. The lowest BCUT2D eigenvalue weighted by atomic mass is 9.39. The molecule has 14 rings (SSSR count). The summed E-state index contributed by atoms with van der Waals surface area (Å²) in [5.74, 6) is -0.287. The minimum absolute atomic E-state index is 0.00940. The summed E-state index contributed by atoms with van der Waals surface area (Å²) in [5.41, 5.74) is 9.02. The van der Waals surface area contributed by atoms with Crippen molar-refractivity contribution in [3.8, 4) is 21.6 Å². The lowest BCUT2D eigenvalue weighted by Gasteiger charge is -2.69. The average molecular weight is 1340 g/mol. The number of aryl methyl sites for hydroxylation is 1. The molecule has 7 aromatic rings. The van der Waals surface area contributed by atoms with Crippen molar-refractivity contribution >= 4 is 85.1 Å². The van der Waals surface area contributed by atoms with Crippen molar-refractivity contribution in [2.75, 3.05) is 62.6 Å². The molecule has 7 aliphatic rings. The highest BCUT2D eigenvalue weighted by Gasteiger charge is 2.66. The molecule has 5 atom stereocenters. The summed E-state index contributed by atoms with van der Waals surface area (Å²) >= 11 is 3.14. The van der Waals surface area contributed by atoms with Crippen LogP contribution in [0.1, 0.15) is 150 Å². The predicted molar refractivity (Wildman–Crippen MR) is 370 cm³/mol. The Labute approximate surface area is 569 Å². The van der Waals surface area contributed by atoms with Gasteiger partial charge in [0.2, 0.25) is 23.6 Å². The number of carboxylic acids is 1. The molecule has 4 amide bonds. The minimum Gasteiger partial charge on any atom is -0.476 e. The highest BCUT2D eigenvalue weighted by atomic mass is 32.1. The van der Waals surface area contributed by atoms with E-state index in [1.807, 2.05) is 118 Å². The van der Waals surface area contributed by atoms with Gasteiger partial charge in [-0.05, 0) is 142 Å². The topological polar surface area (TPSA) is 266 Å². The van der Waals surface area contributed by atoms with Gasteiger partial charge in [0.25, 0.3) is 0 Å². The van der Waals surface area contributed by atoms with Crippen LogP contribution in [0.5, 0.6) is 0 Å². The Morgan fingerprint density at radius 2 is 1.59 bits per heavy atom. The number of anilines is 4. The summed E-state index contributed by atoms with van der Waals surface area (Å²) in [5, 5.41) is 45.9. The molecule has 4 saturated carbocycles. The van der Waals surface area contributed by atoms with Crippen molar-refractivity contribution in [1.82, 2.24) is 60.3 Å². The number of β-amino-alcohol motifs (C(OH)–C–C–N with tert-alkyl or cyclic N) is 1. The maximum absolute atomic E-state index is 14.2. The van der Waals surface area contributed by atoms with Gasteiger partial charge in [0.05, 0.1) is 50.8 Å². The first kappa shape index (κ1) is 66.8. The number of fused-ring (bicyclic) bond motifs is 2. The molecule has 5 aromatic heterocycles. The molecule has 24 heteroatoms. The number of carbonyl (C=O) groups excluding carboxylic acids is 4. The Balaban J connectivity index is 0.570. The van der Waals surface area contributed by atoms with Crippen LogP contribution in [0, 0.1) is 42.4 Å². The van der Waals surface area contributed by atoms with Crippen LogP contribution in [-0.4, -0.2) is 166 Å². The average Bonchev–Trinajstić information content (AvgIpc) is 0.728. The van der Waals surface area contributed by atoms with Crippen molar-refractivity contribution < 1.29 is 38.9 Å². The maximum Gasteiger partial charge on any atom is 0.355 e. The number of hydrogen-bond acceptors (Lipinski definition) is 18. The first-order valence-corrected chi connectivity index (χ1v) is 35.8. The van der Waals surface area contributed by atoms with E-state index >= 15 is 0 Å². The molecular weight excluding hydrogens is 1250 g/mol.